The maximum Gasteiger partial charge on any atom is 0.349 e. The van der Waals surface area contributed by atoms with Crippen LogP contribution in [0.2, 0.25) is 0 Å². The quantitative estimate of drug-likeness (QED) is 0.531. The molecule has 0 radical (unpaired) electrons. The average Bonchev–Trinajstić information content (AvgIpc) is 3.42. The minimum atomic E-state index is 0.589. The summed E-state index contributed by atoms with van der Waals surface area (Å²) < 4.78 is 8.25. The van der Waals surface area contributed by atoms with Gasteiger partial charge in [-0.2, -0.15) is 0 Å². The van der Waals surface area contributed by atoms with E-state index in [0.717, 1.165) is 35.8 Å². The van der Waals surface area contributed by atoms with E-state index in [2.05, 4.69) is 39.1 Å². The molecular formula is C31H46N3O+. The van der Waals surface area contributed by atoms with Gasteiger partial charge in [-0.05, 0) is 105 Å². The number of hydrogen-bond acceptors (Lipinski definition) is 3. The molecule has 5 fully saturated rings. The zero-order valence-corrected chi connectivity index (χ0v) is 21.9. The fraction of sp³-hybridized carbons (Fsp3) is 0.774. The second kappa shape index (κ2) is 8.99. The lowest BCUT2D eigenvalue weighted by molar-refractivity contribution is -0.559. The second-order valence-corrected chi connectivity index (χ2v) is 13.4. The number of ether oxygens (including phenoxy) is 1. The van der Waals surface area contributed by atoms with Gasteiger partial charge in [-0.25, -0.2) is 0 Å². The van der Waals surface area contributed by atoms with Gasteiger partial charge in [0.2, 0.25) is 0 Å². The molecular weight excluding hydrogens is 430 g/mol. The Kier molecular flexibility index (Phi) is 5.78. The highest BCUT2D eigenvalue weighted by Crippen LogP contribution is 2.61. The lowest BCUT2D eigenvalue weighted by atomic mass is 9.49. The highest BCUT2D eigenvalue weighted by atomic mass is 16.5. The van der Waals surface area contributed by atoms with Gasteiger partial charge in [-0.3, -0.25) is 14.8 Å². The molecule has 0 unspecified atom stereocenters. The first-order valence-electron chi connectivity index (χ1n) is 14.9. The molecule has 0 spiro atoms. The van der Waals surface area contributed by atoms with Gasteiger partial charge in [0.05, 0.1) is 20.2 Å². The molecule has 190 valence electrons. The van der Waals surface area contributed by atoms with Crippen LogP contribution in [0.3, 0.4) is 0 Å². The normalized spacial score (nSPS) is 38.2. The largest absolute Gasteiger partial charge is 0.497 e. The molecule has 2 heterocycles. The maximum absolute atomic E-state index is 5.42. The Morgan fingerprint density at radius 2 is 1.66 bits per heavy atom. The van der Waals surface area contributed by atoms with Crippen LogP contribution >= 0.6 is 0 Å². The third-order valence-electron chi connectivity index (χ3n) is 11.1. The van der Waals surface area contributed by atoms with E-state index in [9.17, 15) is 0 Å². The van der Waals surface area contributed by atoms with E-state index in [-0.39, 0.29) is 0 Å². The van der Waals surface area contributed by atoms with Crippen molar-refractivity contribution < 1.29 is 9.31 Å². The van der Waals surface area contributed by atoms with Crippen molar-refractivity contribution in [1.82, 2.24) is 10.2 Å². The minimum absolute atomic E-state index is 0.589. The topological polar surface area (TPSA) is 27.5 Å². The number of rotatable bonds is 7. The van der Waals surface area contributed by atoms with Crippen molar-refractivity contribution in [2.24, 2.45) is 29.1 Å². The Bertz CT molecular complexity index is 911. The summed E-state index contributed by atoms with van der Waals surface area (Å²) in [6, 6.07) is 10.2. The Hall–Kier alpha value is -1.71. The highest BCUT2D eigenvalue weighted by Gasteiger charge is 2.52. The molecule has 4 nitrogen and oxygen atoms in total. The van der Waals surface area contributed by atoms with Gasteiger partial charge in [0, 0.05) is 6.42 Å². The van der Waals surface area contributed by atoms with Crippen LogP contribution in [0.4, 0.5) is 0 Å². The first kappa shape index (κ1) is 22.5. The minimum Gasteiger partial charge on any atom is -0.497 e. The predicted octanol–water partition coefficient (Wildman–Crippen LogP) is 5.45. The fourth-order valence-corrected chi connectivity index (χ4v) is 9.94. The Morgan fingerprint density at radius 3 is 2.31 bits per heavy atom. The van der Waals surface area contributed by atoms with E-state index >= 15 is 0 Å². The standard InChI is InChI=1S/C31H45N3O/c1-35-28-9-7-22(8-10-28)16-27-21-34-29(26-5-3-2-4-6-26)20-32-30(34)33(27)12-11-31-17-23-13-24(18-31)15-25(14-23)19-31/h7-10,23-27,29H,2-6,11-21H2,1H3/p+1/t23?,24?,25?,27-,29+,31?/m0/s1. The summed E-state index contributed by atoms with van der Waals surface area (Å²) in [4.78, 5) is 2.84. The van der Waals surface area contributed by atoms with Crippen LogP contribution < -0.4 is 10.1 Å². The molecule has 1 aromatic rings. The van der Waals surface area contributed by atoms with E-state index in [1.54, 1.807) is 26.4 Å². The van der Waals surface area contributed by atoms with E-state index < -0.39 is 0 Å². The fourth-order valence-electron chi connectivity index (χ4n) is 9.94. The summed E-state index contributed by atoms with van der Waals surface area (Å²) in [5, 5.41) is 3.96. The Labute approximate surface area is 212 Å². The van der Waals surface area contributed by atoms with Crippen LogP contribution in [0, 0.1) is 29.1 Å². The van der Waals surface area contributed by atoms with Gasteiger partial charge in [0.1, 0.15) is 24.4 Å². The zero-order valence-electron chi connectivity index (χ0n) is 21.9. The summed E-state index contributed by atoms with van der Waals surface area (Å²) in [7, 11) is 1.76. The predicted molar refractivity (Wildman–Crippen MR) is 141 cm³/mol. The summed E-state index contributed by atoms with van der Waals surface area (Å²) in [5.41, 5.74) is 2.11. The molecule has 0 saturated heterocycles. The number of nitrogens with zero attached hydrogens (tertiary/aromatic N) is 2. The molecule has 35 heavy (non-hydrogen) atoms. The van der Waals surface area contributed by atoms with Gasteiger partial charge < -0.3 is 4.74 Å². The Morgan fingerprint density at radius 1 is 0.971 bits per heavy atom. The molecule has 0 amide bonds. The average molecular weight is 477 g/mol. The molecule has 2 atom stereocenters. The number of benzene rings is 1. The number of methoxy groups -OCH3 is 1. The van der Waals surface area contributed by atoms with Gasteiger partial charge in [0.25, 0.3) is 0 Å². The van der Waals surface area contributed by atoms with Crippen LogP contribution in [0.5, 0.6) is 5.75 Å². The van der Waals surface area contributed by atoms with Crippen molar-refractivity contribution in [1.29, 1.82) is 0 Å². The van der Waals surface area contributed by atoms with E-state index in [1.165, 1.54) is 88.9 Å². The van der Waals surface area contributed by atoms with Crippen molar-refractivity contribution in [2.45, 2.75) is 95.6 Å². The van der Waals surface area contributed by atoms with E-state index in [0.29, 0.717) is 17.5 Å². The van der Waals surface area contributed by atoms with Crippen molar-refractivity contribution in [3.8, 4) is 5.75 Å². The number of hydrogen-bond donors (Lipinski definition) is 1. The molecule has 1 N–H and O–H groups in total. The number of nitrogens with one attached hydrogen (secondary N) is 1. The lowest BCUT2D eigenvalue weighted by Gasteiger charge is -2.57. The maximum atomic E-state index is 5.42. The molecule has 7 aliphatic rings. The summed E-state index contributed by atoms with van der Waals surface area (Å²) in [6.45, 7) is 3.63. The van der Waals surface area contributed by atoms with Crippen LogP contribution in [-0.4, -0.2) is 54.3 Å². The van der Waals surface area contributed by atoms with Crippen molar-refractivity contribution in [3.05, 3.63) is 29.8 Å². The van der Waals surface area contributed by atoms with Gasteiger partial charge in [-0.1, -0.05) is 31.4 Å². The smallest absolute Gasteiger partial charge is 0.349 e. The van der Waals surface area contributed by atoms with Crippen molar-refractivity contribution in [2.75, 3.05) is 26.7 Å². The lowest BCUT2D eigenvalue weighted by Crippen LogP contribution is -2.50. The van der Waals surface area contributed by atoms with Gasteiger partial charge >= 0.3 is 5.96 Å². The van der Waals surface area contributed by atoms with Crippen molar-refractivity contribution in [3.63, 3.8) is 0 Å². The molecule has 5 aliphatic carbocycles. The molecule has 8 rings (SSSR count). The summed E-state index contributed by atoms with van der Waals surface area (Å²) in [6.07, 6.45) is 19.0. The molecule has 5 saturated carbocycles. The van der Waals surface area contributed by atoms with Crippen LogP contribution in [0.25, 0.3) is 0 Å². The van der Waals surface area contributed by atoms with Crippen LogP contribution in [0.1, 0.15) is 82.6 Å². The van der Waals surface area contributed by atoms with Crippen LogP contribution in [0.15, 0.2) is 24.3 Å². The zero-order chi connectivity index (χ0) is 23.4. The van der Waals surface area contributed by atoms with Crippen molar-refractivity contribution >= 4 is 5.96 Å². The van der Waals surface area contributed by atoms with Crippen LogP contribution in [-0.2, 0) is 6.42 Å². The first-order valence-corrected chi connectivity index (χ1v) is 14.9. The second-order valence-electron chi connectivity index (χ2n) is 13.4. The highest BCUT2D eigenvalue weighted by molar-refractivity contribution is 5.78. The van der Waals surface area contributed by atoms with Gasteiger partial charge in [0.15, 0.2) is 0 Å². The van der Waals surface area contributed by atoms with E-state index in [1.807, 2.05) is 0 Å². The molecule has 1 aromatic carbocycles. The molecule has 0 aromatic heterocycles. The third kappa shape index (κ3) is 4.17. The summed E-state index contributed by atoms with van der Waals surface area (Å²) in [5.74, 6) is 6.51. The monoisotopic (exact) mass is 476 g/mol. The third-order valence-corrected chi connectivity index (χ3v) is 11.1. The van der Waals surface area contributed by atoms with E-state index in [4.69, 9.17) is 4.74 Å². The molecule has 4 heteroatoms. The van der Waals surface area contributed by atoms with Gasteiger partial charge in [-0.15, -0.1) is 0 Å². The summed E-state index contributed by atoms with van der Waals surface area (Å²) >= 11 is 0. The Balaban J connectivity index is 1.11. The SMILES string of the molecule is COc1ccc(C[C@H]2C[N+]3=C(NC[C@@H]3C3CCCCC3)N2CCC23CC4CC(CC(C4)C2)C3)cc1. The molecule has 2 aliphatic heterocycles. The first-order chi connectivity index (χ1) is 17.2. The molecule has 4 bridgehead atoms. The number of guanidine groups is 1.